The highest BCUT2D eigenvalue weighted by Crippen LogP contribution is 2.42. The topological polar surface area (TPSA) is 86.6 Å². The molecule has 1 unspecified atom stereocenters. The van der Waals surface area contributed by atoms with E-state index in [2.05, 4.69) is 5.32 Å². The van der Waals surface area contributed by atoms with Crippen LogP contribution < -0.4 is 5.32 Å². The van der Waals surface area contributed by atoms with Gasteiger partial charge in [-0.05, 0) is 42.3 Å². The molecule has 3 rings (SSSR count). The fraction of sp³-hybridized carbons (Fsp3) is 0.200. The number of rotatable bonds is 4. The largest absolute Gasteiger partial charge is 0.507 e. The number of aromatic hydroxyl groups is 1. The number of carbonyl (C=O) groups excluding carboxylic acids is 1. The van der Waals surface area contributed by atoms with Crippen molar-refractivity contribution in [1.82, 2.24) is 5.32 Å². The van der Waals surface area contributed by atoms with E-state index in [0.717, 1.165) is 17.8 Å². The van der Waals surface area contributed by atoms with Gasteiger partial charge in [0.05, 0.1) is 21.7 Å². The van der Waals surface area contributed by atoms with Crippen LogP contribution in [0.5, 0.6) is 5.75 Å². The van der Waals surface area contributed by atoms with Crippen LogP contribution in [0.15, 0.2) is 47.0 Å². The first kappa shape index (κ1) is 21.7. The first-order valence-electron chi connectivity index (χ1n) is 8.57. The van der Waals surface area contributed by atoms with Gasteiger partial charge in [0.1, 0.15) is 11.6 Å². The van der Waals surface area contributed by atoms with Crippen molar-refractivity contribution in [2.75, 3.05) is 5.75 Å². The van der Waals surface area contributed by atoms with Gasteiger partial charge < -0.3 is 15.5 Å². The predicted molar refractivity (Wildman–Crippen MR) is 102 cm³/mol. The van der Waals surface area contributed by atoms with Gasteiger partial charge >= 0.3 is 12.1 Å². The fourth-order valence-corrected chi connectivity index (χ4v) is 4.30. The van der Waals surface area contributed by atoms with Crippen molar-refractivity contribution in [2.24, 2.45) is 0 Å². The van der Waals surface area contributed by atoms with Gasteiger partial charge in [-0.2, -0.15) is 13.2 Å². The number of phenols is 1. The van der Waals surface area contributed by atoms with Crippen LogP contribution in [0.25, 0.3) is 0 Å². The highest BCUT2D eigenvalue weighted by molar-refractivity contribution is 8.03. The number of phenolic OH excluding ortho intramolecular Hbond substituents is 1. The van der Waals surface area contributed by atoms with Gasteiger partial charge in [0.2, 0.25) is 0 Å². The molecule has 0 radical (unpaired) electrons. The molecule has 1 atom stereocenters. The van der Waals surface area contributed by atoms with E-state index in [1.807, 2.05) is 0 Å². The van der Waals surface area contributed by atoms with Crippen LogP contribution in [0.3, 0.4) is 0 Å². The van der Waals surface area contributed by atoms with Gasteiger partial charge in [-0.3, -0.25) is 4.79 Å². The lowest BCUT2D eigenvalue weighted by Gasteiger charge is -2.14. The minimum absolute atomic E-state index is 0.0585. The zero-order chi connectivity index (χ0) is 22.2. The van der Waals surface area contributed by atoms with Crippen LogP contribution >= 0.6 is 11.8 Å². The molecule has 1 aliphatic heterocycles. The monoisotopic (exact) mass is 441 g/mol. The Hall–Kier alpha value is -3.01. The van der Waals surface area contributed by atoms with Crippen molar-refractivity contribution in [1.29, 1.82) is 0 Å². The third-order valence-electron chi connectivity index (χ3n) is 4.55. The Balaban J connectivity index is 1.92. The molecule has 0 aromatic heterocycles. The van der Waals surface area contributed by atoms with E-state index in [1.165, 1.54) is 12.1 Å². The summed E-state index contributed by atoms with van der Waals surface area (Å²) in [5.41, 5.74) is -0.998. The van der Waals surface area contributed by atoms with Crippen molar-refractivity contribution < 1.29 is 37.4 Å². The smallest absolute Gasteiger partial charge is 0.416 e. The average molecular weight is 441 g/mol. The highest BCUT2D eigenvalue weighted by atomic mass is 32.2. The van der Waals surface area contributed by atoms with Crippen LogP contribution in [0, 0.1) is 12.7 Å². The molecule has 0 spiro atoms. The Morgan fingerprint density at radius 2 is 1.87 bits per heavy atom. The molecule has 1 heterocycles. The minimum atomic E-state index is -4.70. The van der Waals surface area contributed by atoms with Gasteiger partial charge in [0, 0.05) is 11.7 Å². The Labute approximate surface area is 172 Å². The second kappa shape index (κ2) is 8.02. The molecular formula is C20H15F4NO4S. The normalized spacial score (nSPS) is 16.6. The van der Waals surface area contributed by atoms with Crippen molar-refractivity contribution in [3.8, 4) is 5.75 Å². The number of hydrogen-bond acceptors (Lipinski definition) is 4. The zero-order valence-corrected chi connectivity index (χ0v) is 16.2. The van der Waals surface area contributed by atoms with Crippen LogP contribution in [-0.4, -0.2) is 27.8 Å². The number of halogens is 4. The Morgan fingerprint density at radius 1 is 1.17 bits per heavy atom. The third kappa shape index (κ3) is 4.28. The lowest BCUT2D eigenvalue weighted by Crippen LogP contribution is -2.24. The number of benzene rings is 2. The Morgan fingerprint density at radius 3 is 2.43 bits per heavy atom. The molecule has 158 valence electrons. The van der Waals surface area contributed by atoms with Crippen molar-refractivity contribution >= 4 is 23.6 Å². The standard InChI is InChI=1S/C20H15F4NO4S/c1-9-2-4-11(14(21)6-9)13-8-30-18(16(13)19(28)29)25-17(27)12-5-3-10(7-15(12)26)20(22,23)24/h2-7,13,26H,8H2,1H3,(H,25,27)(H,28,29). The summed E-state index contributed by atoms with van der Waals surface area (Å²) >= 11 is 0.969. The van der Waals surface area contributed by atoms with Gasteiger partial charge in [0.15, 0.2) is 0 Å². The number of carboxylic acids is 1. The van der Waals surface area contributed by atoms with E-state index in [1.54, 1.807) is 13.0 Å². The van der Waals surface area contributed by atoms with Gasteiger partial charge in [0.25, 0.3) is 5.91 Å². The van der Waals surface area contributed by atoms with Crippen molar-refractivity contribution in [2.45, 2.75) is 19.0 Å². The maximum absolute atomic E-state index is 14.3. The Kier molecular flexibility index (Phi) is 5.80. The Bertz CT molecular complexity index is 1070. The summed E-state index contributed by atoms with van der Waals surface area (Å²) in [6, 6.07) is 6.23. The number of carbonyl (C=O) groups is 2. The summed E-state index contributed by atoms with van der Waals surface area (Å²) in [4.78, 5) is 24.2. The molecule has 10 heteroatoms. The molecule has 0 saturated carbocycles. The molecule has 30 heavy (non-hydrogen) atoms. The van der Waals surface area contributed by atoms with Gasteiger partial charge in [-0.15, -0.1) is 11.8 Å². The van der Waals surface area contributed by atoms with E-state index in [4.69, 9.17) is 0 Å². The van der Waals surface area contributed by atoms with E-state index in [9.17, 15) is 37.4 Å². The van der Waals surface area contributed by atoms with E-state index >= 15 is 0 Å². The molecule has 0 bridgehead atoms. The van der Waals surface area contributed by atoms with Crippen LogP contribution in [0.1, 0.15) is 33.0 Å². The van der Waals surface area contributed by atoms with Gasteiger partial charge in [-0.1, -0.05) is 12.1 Å². The molecule has 5 nitrogen and oxygen atoms in total. The maximum atomic E-state index is 14.3. The number of alkyl halides is 3. The molecule has 0 saturated heterocycles. The summed E-state index contributed by atoms with van der Waals surface area (Å²) in [5.74, 6) is -4.50. The number of aryl methyl sites for hydroxylation is 1. The molecule has 0 fully saturated rings. The zero-order valence-electron chi connectivity index (χ0n) is 15.4. The number of carboxylic acid groups (broad SMARTS) is 1. The van der Waals surface area contributed by atoms with E-state index in [0.29, 0.717) is 17.7 Å². The molecule has 2 aromatic carbocycles. The quantitative estimate of drug-likeness (QED) is 0.612. The van der Waals surface area contributed by atoms with Crippen LogP contribution in [0.2, 0.25) is 0 Å². The van der Waals surface area contributed by atoms with Crippen LogP contribution in [-0.2, 0) is 11.0 Å². The van der Waals surface area contributed by atoms with Crippen molar-refractivity contribution in [3.05, 3.63) is 75.1 Å². The molecule has 0 aliphatic carbocycles. The van der Waals surface area contributed by atoms with Gasteiger partial charge in [-0.25, -0.2) is 9.18 Å². The first-order valence-corrected chi connectivity index (χ1v) is 9.55. The van der Waals surface area contributed by atoms with Crippen LogP contribution in [0.4, 0.5) is 17.6 Å². The summed E-state index contributed by atoms with van der Waals surface area (Å²) in [6.45, 7) is 1.69. The number of thioether (sulfide) groups is 1. The lowest BCUT2D eigenvalue weighted by molar-refractivity contribution is -0.137. The highest BCUT2D eigenvalue weighted by Gasteiger charge is 2.36. The van der Waals surface area contributed by atoms with E-state index in [-0.39, 0.29) is 21.9 Å². The number of amides is 1. The molecule has 3 N–H and O–H groups in total. The second-order valence-corrected chi connectivity index (χ2v) is 7.65. The first-order chi connectivity index (χ1) is 14.0. The maximum Gasteiger partial charge on any atom is 0.416 e. The second-order valence-electron chi connectivity index (χ2n) is 6.62. The predicted octanol–water partition coefficient (Wildman–Crippen LogP) is 4.42. The number of hydrogen-bond donors (Lipinski definition) is 3. The lowest BCUT2D eigenvalue weighted by atomic mass is 9.92. The minimum Gasteiger partial charge on any atom is -0.507 e. The fourth-order valence-electron chi connectivity index (χ4n) is 3.07. The molecule has 1 aliphatic rings. The summed E-state index contributed by atoms with van der Waals surface area (Å²) < 4.78 is 52.5. The molecule has 2 aromatic rings. The number of aliphatic carboxylic acids is 1. The summed E-state index contributed by atoms with van der Waals surface area (Å²) in [5, 5.41) is 21.7. The number of nitrogens with one attached hydrogen (secondary N) is 1. The molecule has 1 amide bonds. The SMILES string of the molecule is Cc1ccc(C2CSC(NC(=O)c3ccc(C(F)(F)F)cc3O)=C2C(=O)O)c(F)c1. The average Bonchev–Trinajstić information content (AvgIpc) is 3.04. The van der Waals surface area contributed by atoms with Crippen molar-refractivity contribution in [3.63, 3.8) is 0 Å². The molecular weight excluding hydrogens is 426 g/mol. The van der Waals surface area contributed by atoms with E-state index < -0.39 is 46.7 Å². The summed E-state index contributed by atoms with van der Waals surface area (Å²) in [6.07, 6.45) is -4.70. The summed E-state index contributed by atoms with van der Waals surface area (Å²) in [7, 11) is 0. The third-order valence-corrected chi connectivity index (χ3v) is 5.66.